The van der Waals surface area contributed by atoms with Gasteiger partial charge in [0.2, 0.25) is 5.91 Å². The van der Waals surface area contributed by atoms with Gasteiger partial charge in [0.25, 0.3) is 0 Å². The Balaban J connectivity index is 1.82. The Morgan fingerprint density at radius 1 is 1.20 bits per heavy atom. The van der Waals surface area contributed by atoms with E-state index in [0.717, 1.165) is 17.9 Å². The van der Waals surface area contributed by atoms with Crippen LogP contribution in [0.1, 0.15) is 17.8 Å². The number of carbonyl (C=O) groups is 2. The fraction of sp³-hybridized carbons (Fsp3) is 0.562. The number of amides is 2. The molecule has 1 aliphatic rings. The highest BCUT2D eigenvalue weighted by molar-refractivity contribution is 5.87. The molecule has 9 heteroatoms. The minimum Gasteiger partial charge on any atom is -0.340 e. The Hall–Kier alpha value is -2.16. The Bertz CT molecular complexity index is 622. The fourth-order valence-corrected chi connectivity index (χ4v) is 2.66. The SMILES string of the molecule is Cc1cccc(CN2CCCN(C(=O)CNC(=O)C(F)(F)F)CC2)n1. The zero-order valence-corrected chi connectivity index (χ0v) is 14.0. The molecule has 1 aliphatic heterocycles. The molecule has 25 heavy (non-hydrogen) atoms. The third-order valence-electron chi connectivity index (χ3n) is 3.93. The van der Waals surface area contributed by atoms with E-state index in [-0.39, 0.29) is 0 Å². The van der Waals surface area contributed by atoms with E-state index in [1.807, 2.05) is 25.1 Å². The van der Waals surface area contributed by atoms with Crippen LogP contribution in [0.5, 0.6) is 0 Å². The molecular formula is C16H21F3N4O2. The number of nitrogens with zero attached hydrogens (tertiary/aromatic N) is 3. The van der Waals surface area contributed by atoms with E-state index in [0.29, 0.717) is 32.6 Å². The zero-order valence-electron chi connectivity index (χ0n) is 14.0. The normalized spacial score (nSPS) is 16.4. The number of aromatic nitrogens is 1. The number of halogens is 3. The molecule has 0 spiro atoms. The maximum Gasteiger partial charge on any atom is 0.471 e. The van der Waals surface area contributed by atoms with Crippen molar-refractivity contribution >= 4 is 11.8 Å². The molecule has 6 nitrogen and oxygen atoms in total. The van der Waals surface area contributed by atoms with E-state index in [1.165, 1.54) is 4.90 Å². The van der Waals surface area contributed by atoms with E-state index in [2.05, 4.69) is 9.88 Å². The number of aryl methyl sites for hydroxylation is 1. The maximum absolute atomic E-state index is 12.1. The first kappa shape index (κ1) is 19.2. The predicted octanol–water partition coefficient (Wildman–Crippen LogP) is 1.10. The number of hydrogen-bond acceptors (Lipinski definition) is 4. The van der Waals surface area contributed by atoms with Crippen LogP contribution in [0.15, 0.2) is 18.2 Å². The molecule has 1 N–H and O–H groups in total. The van der Waals surface area contributed by atoms with Gasteiger partial charge in [-0.05, 0) is 25.5 Å². The summed E-state index contributed by atoms with van der Waals surface area (Å²) in [6, 6.07) is 5.80. The van der Waals surface area contributed by atoms with Gasteiger partial charge in [0.1, 0.15) is 0 Å². The quantitative estimate of drug-likeness (QED) is 0.876. The standard InChI is InChI=1S/C16H21F3N4O2/c1-12-4-2-5-13(21-12)11-22-6-3-7-23(9-8-22)14(24)10-20-15(25)16(17,18)19/h2,4-5H,3,6-11H2,1H3,(H,20,25). The van der Waals surface area contributed by atoms with E-state index in [9.17, 15) is 22.8 Å². The summed E-state index contributed by atoms with van der Waals surface area (Å²) in [5.74, 6) is -2.60. The van der Waals surface area contributed by atoms with Crippen molar-refractivity contribution in [2.45, 2.75) is 26.1 Å². The third-order valence-corrected chi connectivity index (χ3v) is 3.93. The molecule has 0 radical (unpaired) electrons. The van der Waals surface area contributed by atoms with E-state index < -0.39 is 24.5 Å². The van der Waals surface area contributed by atoms with Crippen molar-refractivity contribution in [1.82, 2.24) is 20.1 Å². The second-order valence-electron chi connectivity index (χ2n) is 5.96. The van der Waals surface area contributed by atoms with Crippen LogP contribution in [0.25, 0.3) is 0 Å². The fourth-order valence-electron chi connectivity index (χ4n) is 2.66. The molecule has 2 heterocycles. The van der Waals surface area contributed by atoms with Gasteiger partial charge in [-0.25, -0.2) is 0 Å². The molecular weight excluding hydrogens is 337 g/mol. The highest BCUT2D eigenvalue weighted by atomic mass is 19.4. The topological polar surface area (TPSA) is 65.5 Å². The van der Waals surface area contributed by atoms with Gasteiger partial charge in [-0.1, -0.05) is 6.07 Å². The minimum absolute atomic E-state index is 0.409. The molecule has 0 aliphatic carbocycles. The second kappa shape index (κ2) is 8.28. The van der Waals surface area contributed by atoms with Gasteiger partial charge in [-0.2, -0.15) is 13.2 Å². The monoisotopic (exact) mass is 358 g/mol. The molecule has 1 fully saturated rings. The van der Waals surface area contributed by atoms with Crippen LogP contribution < -0.4 is 5.32 Å². The van der Waals surface area contributed by atoms with Crippen molar-refractivity contribution in [3.05, 3.63) is 29.6 Å². The summed E-state index contributed by atoms with van der Waals surface area (Å²) in [7, 11) is 0. The van der Waals surface area contributed by atoms with Crippen LogP contribution in [0, 0.1) is 6.92 Å². The van der Waals surface area contributed by atoms with Gasteiger partial charge in [0.15, 0.2) is 0 Å². The summed E-state index contributed by atoms with van der Waals surface area (Å²) in [5.41, 5.74) is 1.88. The Morgan fingerprint density at radius 3 is 2.64 bits per heavy atom. The Labute approximate surface area is 144 Å². The summed E-state index contributed by atoms with van der Waals surface area (Å²) < 4.78 is 36.4. The molecule has 1 saturated heterocycles. The highest BCUT2D eigenvalue weighted by Crippen LogP contribution is 2.14. The minimum atomic E-state index is -4.98. The van der Waals surface area contributed by atoms with Crippen LogP contribution >= 0.6 is 0 Å². The first-order valence-corrected chi connectivity index (χ1v) is 8.03. The lowest BCUT2D eigenvalue weighted by Gasteiger charge is -2.22. The molecule has 138 valence electrons. The van der Waals surface area contributed by atoms with Crippen LogP contribution in [0.4, 0.5) is 13.2 Å². The van der Waals surface area contributed by atoms with Gasteiger partial charge in [-0.3, -0.25) is 19.5 Å². The molecule has 1 aromatic rings. The van der Waals surface area contributed by atoms with Crippen LogP contribution in [0.2, 0.25) is 0 Å². The predicted molar refractivity (Wildman–Crippen MR) is 84.5 cm³/mol. The zero-order chi connectivity index (χ0) is 18.4. The van der Waals surface area contributed by atoms with Crippen molar-refractivity contribution < 1.29 is 22.8 Å². The summed E-state index contributed by atoms with van der Waals surface area (Å²) in [5, 5.41) is 1.62. The lowest BCUT2D eigenvalue weighted by Crippen LogP contribution is -2.45. The molecule has 0 aromatic carbocycles. The average molecular weight is 358 g/mol. The summed E-state index contributed by atoms with van der Waals surface area (Å²) in [4.78, 5) is 30.9. The highest BCUT2D eigenvalue weighted by Gasteiger charge is 2.38. The van der Waals surface area contributed by atoms with Crippen molar-refractivity contribution in [1.29, 1.82) is 0 Å². The van der Waals surface area contributed by atoms with E-state index in [1.54, 1.807) is 5.32 Å². The summed E-state index contributed by atoms with van der Waals surface area (Å²) in [6.45, 7) is 4.18. The number of rotatable bonds is 4. The van der Waals surface area contributed by atoms with Gasteiger partial charge in [0.05, 0.1) is 12.2 Å². The number of nitrogens with one attached hydrogen (secondary N) is 1. The molecule has 1 aromatic heterocycles. The largest absolute Gasteiger partial charge is 0.471 e. The Morgan fingerprint density at radius 2 is 1.96 bits per heavy atom. The van der Waals surface area contributed by atoms with Crippen molar-refractivity contribution in [2.75, 3.05) is 32.7 Å². The van der Waals surface area contributed by atoms with Crippen molar-refractivity contribution in [3.63, 3.8) is 0 Å². The smallest absolute Gasteiger partial charge is 0.340 e. The first-order chi connectivity index (χ1) is 11.8. The van der Waals surface area contributed by atoms with Crippen molar-refractivity contribution in [3.8, 4) is 0 Å². The number of hydrogen-bond donors (Lipinski definition) is 1. The summed E-state index contributed by atoms with van der Waals surface area (Å²) in [6.07, 6.45) is -4.26. The average Bonchev–Trinajstić information content (AvgIpc) is 2.77. The molecule has 0 unspecified atom stereocenters. The lowest BCUT2D eigenvalue weighted by molar-refractivity contribution is -0.174. The number of pyridine rings is 1. The van der Waals surface area contributed by atoms with Crippen LogP contribution in [-0.2, 0) is 16.1 Å². The van der Waals surface area contributed by atoms with E-state index in [4.69, 9.17) is 0 Å². The first-order valence-electron chi connectivity index (χ1n) is 8.03. The van der Waals surface area contributed by atoms with Crippen LogP contribution in [0.3, 0.4) is 0 Å². The summed E-state index contributed by atoms with van der Waals surface area (Å²) >= 11 is 0. The van der Waals surface area contributed by atoms with Gasteiger partial charge < -0.3 is 10.2 Å². The maximum atomic E-state index is 12.1. The second-order valence-corrected chi connectivity index (χ2v) is 5.96. The molecule has 2 rings (SSSR count). The number of carbonyl (C=O) groups excluding carboxylic acids is 2. The molecule has 2 amide bonds. The van der Waals surface area contributed by atoms with E-state index >= 15 is 0 Å². The molecule has 0 atom stereocenters. The van der Waals surface area contributed by atoms with Gasteiger partial charge in [0, 0.05) is 38.4 Å². The van der Waals surface area contributed by atoms with Gasteiger partial charge in [-0.15, -0.1) is 0 Å². The molecule has 0 bridgehead atoms. The molecule has 0 saturated carbocycles. The lowest BCUT2D eigenvalue weighted by atomic mass is 10.3. The van der Waals surface area contributed by atoms with Gasteiger partial charge >= 0.3 is 12.1 Å². The third kappa shape index (κ3) is 6.00. The Kier molecular flexibility index (Phi) is 6.35. The number of alkyl halides is 3. The van der Waals surface area contributed by atoms with Crippen molar-refractivity contribution in [2.24, 2.45) is 0 Å². The van der Waals surface area contributed by atoms with Crippen LogP contribution in [-0.4, -0.2) is 65.5 Å².